The van der Waals surface area contributed by atoms with Crippen LogP contribution in [-0.2, 0) is 0 Å². The zero-order valence-electron chi connectivity index (χ0n) is 21.0. The number of aromatic nitrogens is 1. The third-order valence-corrected chi connectivity index (χ3v) is 7.41. The molecule has 0 saturated heterocycles. The molecule has 4 unspecified atom stereocenters. The van der Waals surface area contributed by atoms with E-state index in [9.17, 15) is 0 Å². The van der Waals surface area contributed by atoms with Crippen molar-refractivity contribution >= 4 is 35.0 Å². The molecule has 37 heavy (non-hydrogen) atoms. The van der Waals surface area contributed by atoms with Crippen LogP contribution in [0.2, 0.25) is 0 Å². The average molecular weight is 485 g/mol. The number of para-hydroxylation sites is 1. The standard InChI is InChI=1S/C33H32N4/c1-33(17-8-3-9-18-33)22-35-32(34)24-13-10-14-25(19-24)36-30-21-31-28(26-15-6-7-16-29(26)37-31)20-27(30)23-11-4-2-5-12-23/h2-17,19-22,27,30,32,36-37H,18,34H2,1H3. The Morgan fingerprint density at radius 1 is 1.00 bits per heavy atom. The van der Waals surface area contributed by atoms with Gasteiger partial charge in [0.1, 0.15) is 6.17 Å². The Balaban J connectivity index is 1.31. The quantitative estimate of drug-likeness (QED) is 0.314. The molecule has 3 aromatic carbocycles. The number of H-pyrrole nitrogens is 1. The van der Waals surface area contributed by atoms with Gasteiger partial charge in [-0.15, -0.1) is 0 Å². The van der Waals surface area contributed by atoms with Crippen LogP contribution in [0.25, 0.3) is 23.1 Å². The van der Waals surface area contributed by atoms with Gasteiger partial charge in [0.2, 0.25) is 0 Å². The van der Waals surface area contributed by atoms with Crippen LogP contribution in [0.4, 0.5) is 5.69 Å². The number of anilines is 1. The first-order valence-corrected chi connectivity index (χ1v) is 12.9. The maximum absolute atomic E-state index is 6.51. The summed E-state index contributed by atoms with van der Waals surface area (Å²) in [4.78, 5) is 8.32. The van der Waals surface area contributed by atoms with Crippen molar-refractivity contribution in [2.75, 3.05) is 5.32 Å². The highest BCUT2D eigenvalue weighted by Gasteiger charge is 2.24. The van der Waals surface area contributed by atoms with Crippen molar-refractivity contribution in [3.63, 3.8) is 0 Å². The molecule has 0 saturated carbocycles. The van der Waals surface area contributed by atoms with Gasteiger partial charge in [-0.1, -0.05) is 98.0 Å². The monoisotopic (exact) mass is 484 g/mol. The van der Waals surface area contributed by atoms with Gasteiger partial charge in [0.25, 0.3) is 0 Å². The molecule has 0 bridgehead atoms. The summed E-state index contributed by atoms with van der Waals surface area (Å²) in [5.74, 6) is 0.189. The summed E-state index contributed by atoms with van der Waals surface area (Å²) in [6.07, 6.45) is 15.7. The van der Waals surface area contributed by atoms with Crippen LogP contribution >= 0.6 is 0 Å². The van der Waals surface area contributed by atoms with E-state index in [1.165, 1.54) is 16.2 Å². The van der Waals surface area contributed by atoms with Gasteiger partial charge >= 0.3 is 0 Å². The lowest BCUT2D eigenvalue weighted by molar-refractivity contribution is 0.606. The van der Waals surface area contributed by atoms with Gasteiger partial charge in [0.05, 0.1) is 6.04 Å². The number of benzene rings is 3. The first kappa shape index (κ1) is 23.3. The van der Waals surface area contributed by atoms with E-state index in [2.05, 4.69) is 126 Å². The molecule has 0 fully saturated rings. The number of hydrogen-bond donors (Lipinski definition) is 3. The van der Waals surface area contributed by atoms with E-state index in [4.69, 9.17) is 10.7 Å². The number of nitrogens with one attached hydrogen (secondary N) is 2. The summed E-state index contributed by atoms with van der Waals surface area (Å²) in [6.45, 7) is 2.18. The Hall–Kier alpha value is -4.15. The lowest BCUT2D eigenvalue weighted by Crippen LogP contribution is -2.37. The summed E-state index contributed by atoms with van der Waals surface area (Å²) >= 11 is 0. The van der Waals surface area contributed by atoms with Crippen LogP contribution in [0.5, 0.6) is 0 Å². The van der Waals surface area contributed by atoms with Crippen molar-refractivity contribution in [1.82, 2.24) is 4.98 Å². The van der Waals surface area contributed by atoms with Crippen molar-refractivity contribution in [3.05, 3.63) is 125 Å². The zero-order valence-corrected chi connectivity index (χ0v) is 21.0. The van der Waals surface area contributed by atoms with E-state index in [0.717, 1.165) is 28.5 Å². The van der Waals surface area contributed by atoms with Gasteiger partial charge in [-0.25, -0.2) is 0 Å². The van der Waals surface area contributed by atoms with Crippen molar-refractivity contribution in [2.24, 2.45) is 16.1 Å². The normalized spacial score (nSPS) is 23.4. The SMILES string of the molecule is CC1(C=NC(N)c2cccc(NC3C=c4[nH]c5ccccc5c4=CC3c3ccccc3)c2)C=CC=CC1. The molecule has 6 rings (SSSR count). The molecular formula is C33H32N4. The Morgan fingerprint density at radius 2 is 1.84 bits per heavy atom. The smallest absolute Gasteiger partial charge is 0.122 e. The Morgan fingerprint density at radius 3 is 2.68 bits per heavy atom. The lowest BCUT2D eigenvalue weighted by Gasteiger charge is -2.27. The number of rotatable bonds is 6. The maximum Gasteiger partial charge on any atom is 0.122 e. The third kappa shape index (κ3) is 4.81. The number of hydrogen-bond acceptors (Lipinski definition) is 3. The van der Waals surface area contributed by atoms with E-state index in [1.54, 1.807) is 0 Å². The molecule has 4 nitrogen and oxygen atoms in total. The first-order chi connectivity index (χ1) is 18.1. The second-order valence-corrected chi connectivity index (χ2v) is 10.3. The molecule has 2 aliphatic rings. The molecule has 4 aromatic rings. The van der Waals surface area contributed by atoms with Crippen molar-refractivity contribution in [3.8, 4) is 0 Å². The fourth-order valence-electron chi connectivity index (χ4n) is 5.35. The molecule has 0 radical (unpaired) electrons. The molecule has 0 aliphatic heterocycles. The molecule has 4 N–H and O–H groups in total. The highest BCUT2D eigenvalue weighted by Crippen LogP contribution is 2.29. The van der Waals surface area contributed by atoms with E-state index >= 15 is 0 Å². The molecule has 4 atom stereocenters. The zero-order chi connectivity index (χ0) is 25.2. The Labute approximate surface area is 217 Å². The van der Waals surface area contributed by atoms with Crippen LogP contribution in [-0.4, -0.2) is 17.2 Å². The maximum atomic E-state index is 6.51. The van der Waals surface area contributed by atoms with E-state index in [1.807, 2.05) is 12.3 Å². The highest BCUT2D eigenvalue weighted by molar-refractivity contribution is 5.82. The summed E-state index contributed by atoms with van der Waals surface area (Å²) < 4.78 is 0. The number of nitrogens with zero attached hydrogens (tertiary/aromatic N) is 1. The van der Waals surface area contributed by atoms with Gasteiger partial charge in [-0.05, 0) is 41.8 Å². The average Bonchev–Trinajstić information content (AvgIpc) is 3.30. The minimum absolute atomic E-state index is 0.0796. The summed E-state index contributed by atoms with van der Waals surface area (Å²) in [6, 6.07) is 27.6. The van der Waals surface area contributed by atoms with Crippen molar-refractivity contribution < 1.29 is 0 Å². The van der Waals surface area contributed by atoms with E-state index in [-0.39, 0.29) is 17.4 Å². The molecule has 184 valence electrons. The highest BCUT2D eigenvalue weighted by atomic mass is 14.9. The fraction of sp³-hybridized carbons (Fsp3) is 0.182. The minimum atomic E-state index is -0.412. The Bertz CT molecular complexity index is 1630. The number of aliphatic imine (C=N–C) groups is 1. The van der Waals surface area contributed by atoms with Gasteiger partial charge < -0.3 is 16.0 Å². The van der Waals surface area contributed by atoms with Crippen LogP contribution in [0.3, 0.4) is 0 Å². The molecule has 1 heterocycles. The summed E-state index contributed by atoms with van der Waals surface area (Å²) in [5, 5.41) is 7.48. The molecule has 1 aromatic heterocycles. The number of nitrogens with two attached hydrogens (primary N) is 1. The molecule has 2 aliphatic carbocycles. The van der Waals surface area contributed by atoms with Crippen LogP contribution in [0, 0.1) is 5.41 Å². The van der Waals surface area contributed by atoms with Gasteiger partial charge in [-0.2, -0.15) is 0 Å². The lowest BCUT2D eigenvalue weighted by atomic mass is 9.85. The first-order valence-electron chi connectivity index (χ1n) is 12.9. The second kappa shape index (κ2) is 9.72. The number of fused-ring (bicyclic) bond motifs is 3. The topological polar surface area (TPSA) is 66.2 Å². The van der Waals surface area contributed by atoms with Crippen molar-refractivity contribution in [1.29, 1.82) is 0 Å². The minimum Gasteiger partial charge on any atom is -0.378 e. The molecule has 4 heteroatoms. The predicted molar refractivity (Wildman–Crippen MR) is 156 cm³/mol. The summed E-state index contributed by atoms with van der Waals surface area (Å²) in [5.41, 5.74) is 10.9. The molecular weight excluding hydrogens is 452 g/mol. The third-order valence-electron chi connectivity index (χ3n) is 7.41. The molecule has 0 amide bonds. The largest absolute Gasteiger partial charge is 0.378 e. The van der Waals surface area contributed by atoms with Crippen LogP contribution in [0.15, 0.2) is 108 Å². The van der Waals surface area contributed by atoms with Gasteiger partial charge in [0, 0.05) is 44.7 Å². The Kier molecular flexibility index (Phi) is 6.11. The van der Waals surface area contributed by atoms with Gasteiger partial charge in [-0.3, -0.25) is 4.99 Å². The van der Waals surface area contributed by atoms with Crippen LogP contribution < -0.4 is 21.6 Å². The summed E-state index contributed by atoms with van der Waals surface area (Å²) in [7, 11) is 0. The van der Waals surface area contributed by atoms with Crippen LogP contribution in [0.1, 0.15) is 36.6 Å². The number of aromatic amines is 1. The van der Waals surface area contributed by atoms with Gasteiger partial charge in [0.15, 0.2) is 0 Å². The van der Waals surface area contributed by atoms with E-state index < -0.39 is 6.17 Å². The predicted octanol–water partition coefficient (Wildman–Crippen LogP) is 5.56. The molecule has 0 spiro atoms. The second-order valence-electron chi connectivity index (χ2n) is 10.3. The fourth-order valence-corrected chi connectivity index (χ4v) is 5.35. The van der Waals surface area contributed by atoms with Crippen molar-refractivity contribution in [2.45, 2.75) is 31.5 Å². The van der Waals surface area contributed by atoms with E-state index in [0.29, 0.717) is 0 Å². The number of allylic oxidation sites excluding steroid dienone is 4.